The van der Waals surface area contributed by atoms with Crippen molar-refractivity contribution in [2.24, 2.45) is 10.8 Å². The van der Waals surface area contributed by atoms with E-state index in [1.165, 1.54) is 21.0 Å². The monoisotopic (exact) mass is 860 g/mol. The van der Waals surface area contributed by atoms with Gasteiger partial charge in [0.1, 0.15) is 28.3 Å². The van der Waals surface area contributed by atoms with Gasteiger partial charge in [0.25, 0.3) is 0 Å². The Morgan fingerprint density at radius 2 is 1.62 bits per heavy atom. The standard InChI is InChI=1S/C25H19N2OS2.C15H28O2.Ir/c1-13-7-15-10-20-17(11-19(15)28-13)21-22(26-12-27-24(21)30-20)16-8-14-5-6-29-23(14)18(9-16)25(2,3)4;1-7-14(5,8-2)12(16)11-13(17)15(6,9-3)10-4;/h5-7,9-12H,1-4H3;11,16H,7-10H2,1-6H3;/q-1;;/b;12-11-;. The molecule has 6 aromatic rings. The summed E-state index contributed by atoms with van der Waals surface area (Å²) in [6, 6.07) is 14.5. The molecule has 6 rings (SSSR count). The summed E-state index contributed by atoms with van der Waals surface area (Å²) in [6.45, 7) is 20.9. The van der Waals surface area contributed by atoms with Crippen LogP contribution >= 0.6 is 22.7 Å². The van der Waals surface area contributed by atoms with Gasteiger partial charge in [-0.2, -0.15) is 11.3 Å². The maximum absolute atomic E-state index is 12.2. The molecule has 0 fully saturated rings. The molecule has 4 heterocycles. The van der Waals surface area contributed by atoms with Crippen molar-refractivity contribution in [3.8, 4) is 11.3 Å². The Hall–Kier alpha value is -2.90. The van der Waals surface area contributed by atoms with E-state index in [0.717, 1.165) is 74.7 Å². The quantitative estimate of drug-likeness (QED) is 0.0937. The number of carbonyl (C=O) groups excluding carboxylic acids is 1. The summed E-state index contributed by atoms with van der Waals surface area (Å²) >= 11 is 3.49. The van der Waals surface area contributed by atoms with E-state index >= 15 is 0 Å². The summed E-state index contributed by atoms with van der Waals surface area (Å²) in [5, 5.41) is 16.8. The Labute approximate surface area is 306 Å². The number of nitrogens with zero attached hydrogens (tertiary/aromatic N) is 2. The summed E-state index contributed by atoms with van der Waals surface area (Å²) in [7, 11) is 0. The van der Waals surface area contributed by atoms with Crippen molar-refractivity contribution in [3.05, 3.63) is 71.3 Å². The average molecular weight is 860 g/mol. The summed E-state index contributed by atoms with van der Waals surface area (Å²) in [5.74, 6) is 1.21. The van der Waals surface area contributed by atoms with Crippen LogP contribution in [0.25, 0.3) is 52.6 Å². The van der Waals surface area contributed by atoms with Crippen LogP contribution in [0.1, 0.15) is 99.3 Å². The first-order chi connectivity index (χ1) is 22.2. The van der Waals surface area contributed by atoms with Crippen LogP contribution in [0, 0.1) is 23.8 Å². The number of hydrogen-bond acceptors (Lipinski definition) is 7. The zero-order valence-electron chi connectivity index (χ0n) is 29.8. The zero-order chi connectivity index (χ0) is 34.3. The topological polar surface area (TPSA) is 76.2 Å². The van der Waals surface area contributed by atoms with Crippen LogP contribution in [0.2, 0.25) is 0 Å². The number of fused-ring (bicyclic) bond motifs is 5. The molecule has 0 saturated heterocycles. The van der Waals surface area contributed by atoms with E-state index < -0.39 is 0 Å². The van der Waals surface area contributed by atoms with Gasteiger partial charge in [0, 0.05) is 63.6 Å². The number of carbonyl (C=O) groups is 1. The summed E-state index contributed by atoms with van der Waals surface area (Å²) < 4.78 is 8.41. The Bertz CT molecular complexity index is 2100. The van der Waals surface area contributed by atoms with Crippen LogP contribution in [-0.2, 0) is 30.3 Å². The Balaban J connectivity index is 0.000000251. The molecule has 0 atom stereocenters. The number of aliphatic hydroxyl groups is 1. The molecule has 0 aliphatic rings. The van der Waals surface area contributed by atoms with E-state index in [1.54, 1.807) is 29.0 Å². The summed E-state index contributed by atoms with van der Waals surface area (Å²) in [5.41, 5.74) is 3.63. The fourth-order valence-corrected chi connectivity index (χ4v) is 8.00. The third-order valence-corrected chi connectivity index (χ3v) is 12.2. The molecule has 0 amide bonds. The Morgan fingerprint density at radius 1 is 0.958 bits per heavy atom. The maximum atomic E-state index is 12.2. The second-order valence-corrected chi connectivity index (χ2v) is 16.1. The molecule has 5 nitrogen and oxygen atoms in total. The van der Waals surface area contributed by atoms with Gasteiger partial charge in [0.05, 0.1) is 0 Å². The van der Waals surface area contributed by atoms with Gasteiger partial charge < -0.3 is 9.52 Å². The Morgan fingerprint density at radius 3 is 2.25 bits per heavy atom. The van der Waals surface area contributed by atoms with Crippen LogP contribution in [0.15, 0.2) is 58.3 Å². The molecular formula is C40H47IrN2O3S2-. The molecule has 0 spiro atoms. The molecule has 48 heavy (non-hydrogen) atoms. The molecule has 257 valence electrons. The molecule has 0 aliphatic carbocycles. The zero-order valence-corrected chi connectivity index (χ0v) is 33.8. The van der Waals surface area contributed by atoms with Crippen LogP contribution in [0.5, 0.6) is 0 Å². The molecule has 0 aliphatic heterocycles. The molecule has 0 saturated carbocycles. The minimum atomic E-state index is -0.337. The molecule has 1 radical (unpaired) electrons. The molecular weight excluding hydrogens is 813 g/mol. The third kappa shape index (κ3) is 7.19. The second-order valence-electron chi connectivity index (χ2n) is 14.2. The van der Waals surface area contributed by atoms with E-state index in [-0.39, 0.29) is 47.9 Å². The van der Waals surface area contributed by atoms with Crippen molar-refractivity contribution in [2.75, 3.05) is 0 Å². The van der Waals surface area contributed by atoms with Gasteiger partial charge in [-0.1, -0.05) is 73.4 Å². The number of hydrogen-bond donors (Lipinski definition) is 1. The van der Waals surface area contributed by atoms with Gasteiger partial charge in [0.2, 0.25) is 0 Å². The number of thiophene rings is 2. The number of aliphatic hydroxyl groups excluding tert-OH is 1. The van der Waals surface area contributed by atoms with E-state index in [4.69, 9.17) is 9.40 Å². The van der Waals surface area contributed by atoms with Crippen LogP contribution in [-0.4, -0.2) is 20.9 Å². The van der Waals surface area contributed by atoms with Crippen molar-refractivity contribution < 1.29 is 34.4 Å². The van der Waals surface area contributed by atoms with Crippen LogP contribution in [0.4, 0.5) is 0 Å². The number of ketones is 1. The molecule has 8 heteroatoms. The number of aromatic nitrogens is 2. The molecule has 0 unspecified atom stereocenters. The summed E-state index contributed by atoms with van der Waals surface area (Å²) in [6.07, 6.45) is 6.42. The minimum absolute atomic E-state index is 0. The predicted octanol–water partition coefficient (Wildman–Crippen LogP) is 12.5. The smallest absolute Gasteiger partial charge is 0.164 e. The SMILES string of the molecule is CCC(C)(CC)C(=O)/C=C(\O)C(C)(CC)CC.Cc1cc2cc3sc4ncnc(-c5[c-]c6ccsc6c(C(C)(C)C)c5)c4c3cc2o1.[Ir]. The van der Waals surface area contributed by atoms with E-state index in [1.807, 2.05) is 48.5 Å². The first-order valence-electron chi connectivity index (χ1n) is 16.6. The minimum Gasteiger partial charge on any atom is -0.512 e. The third-order valence-electron chi connectivity index (χ3n) is 10.2. The normalized spacial score (nSPS) is 12.8. The van der Waals surface area contributed by atoms with Crippen molar-refractivity contribution in [2.45, 2.75) is 100 Å². The number of aryl methyl sites for hydroxylation is 1. The molecule has 0 bridgehead atoms. The molecule has 4 aromatic heterocycles. The van der Waals surface area contributed by atoms with E-state index in [0.29, 0.717) is 0 Å². The van der Waals surface area contributed by atoms with E-state index in [2.05, 4.69) is 67.5 Å². The summed E-state index contributed by atoms with van der Waals surface area (Å²) in [4.78, 5) is 22.5. The van der Waals surface area contributed by atoms with Gasteiger partial charge in [-0.05, 0) is 66.3 Å². The van der Waals surface area contributed by atoms with Crippen LogP contribution < -0.4 is 0 Å². The maximum Gasteiger partial charge on any atom is 0.164 e. The number of furan rings is 1. The first-order valence-corrected chi connectivity index (χ1v) is 18.3. The number of benzene rings is 2. The van der Waals surface area contributed by atoms with Gasteiger partial charge in [-0.25, -0.2) is 4.98 Å². The van der Waals surface area contributed by atoms with Crippen molar-refractivity contribution >= 4 is 69.8 Å². The number of allylic oxidation sites excluding steroid dienone is 2. The van der Waals surface area contributed by atoms with Gasteiger partial charge in [0.15, 0.2) is 5.78 Å². The van der Waals surface area contributed by atoms with Gasteiger partial charge in [-0.15, -0.1) is 34.9 Å². The van der Waals surface area contributed by atoms with E-state index in [9.17, 15) is 9.90 Å². The van der Waals surface area contributed by atoms with Crippen LogP contribution in [0.3, 0.4) is 0 Å². The number of rotatable bonds is 8. The van der Waals surface area contributed by atoms with Crippen molar-refractivity contribution in [1.29, 1.82) is 0 Å². The molecule has 2 aromatic carbocycles. The second kappa shape index (κ2) is 14.5. The van der Waals surface area contributed by atoms with Gasteiger partial charge in [-0.3, -0.25) is 9.78 Å². The largest absolute Gasteiger partial charge is 0.512 e. The van der Waals surface area contributed by atoms with Gasteiger partial charge >= 0.3 is 0 Å². The van der Waals surface area contributed by atoms with Crippen molar-refractivity contribution in [1.82, 2.24) is 9.97 Å². The fraction of sp³-hybridized carbons (Fsp3) is 0.425. The first kappa shape index (κ1) is 37.9. The predicted molar refractivity (Wildman–Crippen MR) is 201 cm³/mol. The van der Waals surface area contributed by atoms with Crippen molar-refractivity contribution in [3.63, 3.8) is 0 Å². The fourth-order valence-electron chi connectivity index (χ4n) is 5.85. The Kier molecular flexibility index (Phi) is 11.5. The average Bonchev–Trinajstić information content (AvgIpc) is 3.77. The molecule has 1 N–H and O–H groups in total.